The third-order valence-corrected chi connectivity index (χ3v) is 4.01. The van der Waals surface area contributed by atoms with Gasteiger partial charge < -0.3 is 10.2 Å². The highest BCUT2D eigenvalue weighted by atomic mass is 32.2. The zero-order valence-corrected chi connectivity index (χ0v) is 15.7. The summed E-state index contributed by atoms with van der Waals surface area (Å²) in [5, 5.41) is 53.0. The van der Waals surface area contributed by atoms with Crippen LogP contribution in [0, 0.1) is 20.2 Å². The Kier molecular flexibility index (Phi) is 7.33. The molecule has 0 saturated heterocycles. The summed E-state index contributed by atoms with van der Waals surface area (Å²) in [4.78, 5) is 20.4. The lowest BCUT2D eigenvalue weighted by molar-refractivity contribution is -0.539. The van der Waals surface area contributed by atoms with E-state index in [-0.39, 0.29) is 34.0 Å². The largest absolute Gasteiger partial charge is 0.507 e. The summed E-state index contributed by atoms with van der Waals surface area (Å²) < 4.78 is 0. The normalized spacial score (nSPS) is 12.0. The average molecular weight is 419 g/mol. The van der Waals surface area contributed by atoms with Gasteiger partial charge in [0.25, 0.3) is 11.4 Å². The fraction of sp³-hybridized carbons (Fsp3) is 0.0625. The number of benzene rings is 2. The smallest absolute Gasteiger partial charge is 0.305 e. The molecule has 150 valence electrons. The Bertz CT molecular complexity index is 1020. The molecule has 0 aliphatic heterocycles. The summed E-state index contributed by atoms with van der Waals surface area (Å²) in [5.41, 5.74) is 1.19. The van der Waals surface area contributed by atoms with Gasteiger partial charge in [0.05, 0.1) is 22.3 Å². The van der Waals surface area contributed by atoms with Gasteiger partial charge in [-0.2, -0.15) is 10.5 Å². The summed E-state index contributed by atoms with van der Waals surface area (Å²) in [5.74, 6) is -0.363. The number of aromatic hydroxyl groups is 2. The van der Waals surface area contributed by atoms with Gasteiger partial charge in [-0.1, -0.05) is 10.2 Å². The fourth-order valence-electron chi connectivity index (χ4n) is 1.97. The molecule has 0 amide bonds. The van der Waals surface area contributed by atoms with Crippen molar-refractivity contribution >= 4 is 40.7 Å². The van der Waals surface area contributed by atoms with Crippen LogP contribution in [0.15, 0.2) is 51.7 Å². The first kappa shape index (κ1) is 21.5. The molecule has 0 unspecified atom stereocenters. The van der Waals surface area contributed by atoms with E-state index in [2.05, 4.69) is 15.3 Å². The van der Waals surface area contributed by atoms with Crippen LogP contribution < -0.4 is 5.43 Å². The van der Waals surface area contributed by atoms with E-state index in [1.54, 1.807) is 6.26 Å². The van der Waals surface area contributed by atoms with E-state index in [4.69, 9.17) is 0 Å². The third kappa shape index (κ3) is 6.08. The van der Waals surface area contributed by atoms with E-state index < -0.39 is 9.85 Å². The van der Waals surface area contributed by atoms with Gasteiger partial charge in [-0.3, -0.25) is 20.2 Å². The molecule has 0 spiro atoms. The van der Waals surface area contributed by atoms with Gasteiger partial charge in [0, 0.05) is 35.4 Å². The maximum absolute atomic E-state index is 10.8. The van der Waals surface area contributed by atoms with Crippen molar-refractivity contribution in [3.63, 3.8) is 0 Å². The Balaban J connectivity index is 2.12. The van der Waals surface area contributed by atoms with E-state index >= 15 is 0 Å². The molecule has 0 heterocycles. The number of nitrogens with two attached hydrogens (primary N) is 1. The lowest BCUT2D eigenvalue weighted by Crippen LogP contribution is -2.81. The zero-order chi connectivity index (χ0) is 21.4. The van der Waals surface area contributed by atoms with E-state index in [0.29, 0.717) is 5.17 Å². The minimum atomic E-state index is -0.598. The summed E-state index contributed by atoms with van der Waals surface area (Å²) >= 11 is 1.19. The summed E-state index contributed by atoms with van der Waals surface area (Å²) in [6.45, 7) is 0. The third-order valence-electron chi connectivity index (χ3n) is 3.40. The molecule has 2 aromatic carbocycles. The highest BCUT2D eigenvalue weighted by molar-refractivity contribution is 8.12. The molecule has 0 aromatic heterocycles. The van der Waals surface area contributed by atoms with E-state index in [0.717, 1.165) is 18.3 Å². The van der Waals surface area contributed by atoms with Crippen molar-refractivity contribution in [1.29, 1.82) is 0 Å². The second-order valence-corrected chi connectivity index (χ2v) is 6.12. The van der Waals surface area contributed by atoms with Crippen molar-refractivity contribution in [3.05, 3.63) is 67.8 Å². The number of phenols is 2. The molecule has 0 aliphatic carbocycles. The number of hydrogen-bond acceptors (Lipinski definition) is 10. The predicted molar refractivity (Wildman–Crippen MR) is 108 cm³/mol. The van der Waals surface area contributed by atoms with Crippen LogP contribution in [0.4, 0.5) is 11.4 Å². The first-order valence-corrected chi connectivity index (χ1v) is 9.00. The molecular weight excluding hydrogens is 404 g/mol. The minimum Gasteiger partial charge on any atom is -0.507 e. The Labute approximate surface area is 167 Å². The SMILES string of the molecule is CSC(=NN=Cc1cc([N+](=O)[O-])ccc1O)[NH2+]N=Cc1cc([N+](=O)[O-])ccc1O. The second kappa shape index (κ2) is 9.91. The first-order valence-electron chi connectivity index (χ1n) is 7.78. The second-order valence-electron chi connectivity index (χ2n) is 5.29. The summed E-state index contributed by atoms with van der Waals surface area (Å²) in [6, 6.07) is 7.03. The fourth-order valence-corrected chi connectivity index (χ4v) is 2.26. The predicted octanol–water partition coefficient (Wildman–Crippen LogP) is 1.56. The molecular formula is C16H15N6O6S+. The van der Waals surface area contributed by atoms with Gasteiger partial charge in [-0.15, -0.1) is 0 Å². The number of quaternary nitrogens is 1. The highest BCUT2D eigenvalue weighted by Crippen LogP contribution is 2.22. The number of nitro benzene ring substituents is 2. The molecule has 0 saturated carbocycles. The van der Waals surface area contributed by atoms with Gasteiger partial charge in [0.2, 0.25) is 0 Å². The monoisotopic (exact) mass is 419 g/mol. The Morgan fingerprint density at radius 3 is 2.00 bits per heavy atom. The summed E-state index contributed by atoms with van der Waals surface area (Å²) in [7, 11) is 0. The van der Waals surface area contributed by atoms with Crippen molar-refractivity contribution in [3.8, 4) is 11.5 Å². The number of rotatable bonds is 6. The number of amidine groups is 1. The molecule has 0 fully saturated rings. The number of phenolic OH excluding ortho intramolecular Hbond substituents is 2. The van der Waals surface area contributed by atoms with Crippen LogP contribution in [0.25, 0.3) is 0 Å². The molecule has 12 nitrogen and oxygen atoms in total. The van der Waals surface area contributed by atoms with E-state index in [1.807, 2.05) is 0 Å². The van der Waals surface area contributed by atoms with Crippen molar-refractivity contribution in [2.75, 3.05) is 6.26 Å². The molecule has 4 N–H and O–H groups in total. The topological polar surface area (TPSA) is 180 Å². The molecule has 0 aliphatic rings. The Morgan fingerprint density at radius 2 is 1.52 bits per heavy atom. The lowest BCUT2D eigenvalue weighted by Gasteiger charge is -1.98. The molecule has 0 radical (unpaired) electrons. The molecule has 2 rings (SSSR count). The number of hydrogen-bond donors (Lipinski definition) is 3. The molecule has 0 bridgehead atoms. The number of nitrogens with zero attached hydrogens (tertiary/aromatic N) is 5. The van der Waals surface area contributed by atoms with Crippen LogP contribution >= 0.6 is 11.8 Å². The molecule has 0 atom stereocenters. The van der Waals surface area contributed by atoms with Crippen molar-refractivity contribution in [2.45, 2.75) is 0 Å². The van der Waals surface area contributed by atoms with Crippen LogP contribution in [0.3, 0.4) is 0 Å². The standard InChI is InChI=1S/C16H14N6O6S/c1-29-16(19-17-8-10-6-12(21(25)26)2-4-14(10)23)20-18-9-11-7-13(22(27)28)3-5-15(11)24/h2-9,23-24H,1H3,(H,19,20)/p+1. The van der Waals surface area contributed by atoms with Crippen molar-refractivity contribution in [2.24, 2.45) is 15.3 Å². The van der Waals surface area contributed by atoms with Crippen LogP contribution in [0.5, 0.6) is 11.5 Å². The minimum absolute atomic E-state index is 0.119. The molecule has 2 aromatic rings. The maximum atomic E-state index is 10.8. The Morgan fingerprint density at radius 1 is 1.00 bits per heavy atom. The van der Waals surface area contributed by atoms with Gasteiger partial charge >= 0.3 is 5.17 Å². The van der Waals surface area contributed by atoms with Crippen LogP contribution in [-0.2, 0) is 0 Å². The summed E-state index contributed by atoms with van der Waals surface area (Å²) in [6.07, 6.45) is 4.09. The molecule has 29 heavy (non-hydrogen) atoms. The van der Waals surface area contributed by atoms with Gasteiger partial charge in [-0.05, 0) is 30.2 Å². The van der Waals surface area contributed by atoms with E-state index in [9.17, 15) is 30.4 Å². The van der Waals surface area contributed by atoms with Crippen LogP contribution in [0.2, 0.25) is 0 Å². The van der Waals surface area contributed by atoms with Gasteiger partial charge in [-0.25, -0.2) is 0 Å². The first-order chi connectivity index (χ1) is 13.8. The van der Waals surface area contributed by atoms with Crippen molar-refractivity contribution in [1.82, 2.24) is 0 Å². The molecule has 13 heteroatoms. The van der Waals surface area contributed by atoms with Gasteiger partial charge in [0.1, 0.15) is 11.5 Å². The zero-order valence-electron chi connectivity index (χ0n) is 14.9. The highest BCUT2D eigenvalue weighted by Gasteiger charge is 2.10. The van der Waals surface area contributed by atoms with Crippen LogP contribution in [0.1, 0.15) is 11.1 Å². The van der Waals surface area contributed by atoms with E-state index in [1.165, 1.54) is 47.7 Å². The van der Waals surface area contributed by atoms with Crippen molar-refractivity contribution < 1.29 is 25.5 Å². The Hall–Kier alpha value is -3.84. The van der Waals surface area contributed by atoms with Crippen LogP contribution in [-0.4, -0.2) is 43.9 Å². The van der Waals surface area contributed by atoms with Gasteiger partial charge in [0.15, 0.2) is 0 Å². The number of nitro groups is 2. The lowest BCUT2D eigenvalue weighted by atomic mass is 10.2. The number of non-ortho nitro benzene ring substituents is 2. The number of thioether (sulfide) groups is 1. The quantitative estimate of drug-likeness (QED) is 0.209. The average Bonchev–Trinajstić information content (AvgIpc) is 2.69. The maximum Gasteiger partial charge on any atom is 0.305 e.